The number of benzene rings is 3. The Labute approximate surface area is 260 Å². The molecule has 232 valence electrons. The van der Waals surface area contributed by atoms with Crippen LogP contribution in [0.4, 0.5) is 13.2 Å². The predicted octanol–water partition coefficient (Wildman–Crippen LogP) is 8.83. The van der Waals surface area contributed by atoms with Crippen LogP contribution < -0.4 is 5.32 Å². The third kappa shape index (κ3) is 9.11. The third-order valence-electron chi connectivity index (χ3n) is 7.55. The second-order valence-electron chi connectivity index (χ2n) is 10.6. The highest BCUT2D eigenvalue weighted by atomic mass is 32.2. The number of nitrogens with zero attached hydrogens (tertiary/aromatic N) is 3. The molecule has 1 aliphatic heterocycles. The summed E-state index contributed by atoms with van der Waals surface area (Å²) in [6.07, 6.45) is 2.17. The number of amidine groups is 1. The number of hydrogen-bond acceptors (Lipinski definition) is 4. The zero-order valence-corrected chi connectivity index (χ0v) is 25.8. The number of nitrogens with one attached hydrogen (secondary N) is 1. The largest absolute Gasteiger partial charge is 0.416 e. The van der Waals surface area contributed by atoms with Gasteiger partial charge in [0.05, 0.1) is 5.56 Å². The first-order chi connectivity index (χ1) is 21.2. The highest BCUT2D eigenvalue weighted by molar-refractivity contribution is 8.14. The van der Waals surface area contributed by atoms with Crippen molar-refractivity contribution in [2.75, 3.05) is 6.54 Å². The predicted molar refractivity (Wildman–Crippen MR) is 170 cm³/mol. The van der Waals surface area contributed by atoms with E-state index in [0.29, 0.717) is 24.1 Å². The van der Waals surface area contributed by atoms with Gasteiger partial charge in [-0.15, -0.1) is 5.11 Å². The van der Waals surface area contributed by atoms with E-state index in [0.717, 1.165) is 57.1 Å². The average Bonchev–Trinajstić information content (AvgIpc) is 3.47. The van der Waals surface area contributed by atoms with Gasteiger partial charge in [-0.2, -0.15) is 23.3 Å². The maximum Gasteiger partial charge on any atom is 0.416 e. The third-order valence-corrected chi connectivity index (χ3v) is 8.54. The van der Waals surface area contributed by atoms with Crippen molar-refractivity contribution in [3.63, 3.8) is 0 Å². The van der Waals surface area contributed by atoms with Crippen LogP contribution in [0, 0.1) is 0 Å². The molecule has 0 aromatic heterocycles. The number of rotatable bonds is 13. The number of azo groups is 1. The molecule has 4 rings (SSSR count). The summed E-state index contributed by atoms with van der Waals surface area (Å²) >= 11 is 1.30. The molecule has 3 aromatic carbocycles. The molecule has 1 N–H and O–H groups in total. The molecule has 0 aliphatic carbocycles. The number of thioether (sulfide) groups is 1. The number of aliphatic imine (C=N–C) groups is 1. The molecule has 10 heteroatoms. The minimum Gasteiger partial charge on any atom is -0.356 e. The first kappa shape index (κ1) is 33.1. The Morgan fingerprint density at radius 1 is 0.909 bits per heavy atom. The molecule has 44 heavy (non-hydrogen) atoms. The van der Waals surface area contributed by atoms with Gasteiger partial charge in [-0.05, 0) is 91.0 Å². The lowest BCUT2D eigenvalue weighted by atomic mass is 9.93. The van der Waals surface area contributed by atoms with E-state index in [1.165, 1.54) is 40.6 Å². The summed E-state index contributed by atoms with van der Waals surface area (Å²) in [4.78, 5) is 29.5. The van der Waals surface area contributed by atoms with Crippen molar-refractivity contribution in [1.29, 1.82) is 0 Å². The first-order valence-corrected chi connectivity index (χ1v) is 15.9. The standard InChI is InChI=1S/C34H37F3N4O2S/c1-3-23-11-9-12-24(4-2)27(23)15-10-16-30(42)38-22-8-7-17-31-40-41-33(44-31)39-32(43)29-14-6-5-13-28(29)25-18-20-26(21-19-25)34(35,36)37/h5-6,9,11-14,18-21,31H,3-4,7-8,10,15-17,22H2,1-2H3,(H,38,42). The van der Waals surface area contributed by atoms with Gasteiger partial charge in [-0.25, -0.2) is 0 Å². The molecule has 0 bridgehead atoms. The molecule has 3 aromatic rings. The van der Waals surface area contributed by atoms with Crippen LogP contribution in [-0.4, -0.2) is 28.9 Å². The summed E-state index contributed by atoms with van der Waals surface area (Å²) in [5, 5.41) is 11.4. The Balaban J connectivity index is 1.19. The number of unbranched alkanes of at least 4 members (excludes halogenated alkanes) is 1. The summed E-state index contributed by atoms with van der Waals surface area (Å²) in [7, 11) is 0. The Kier molecular flexibility index (Phi) is 11.9. The summed E-state index contributed by atoms with van der Waals surface area (Å²) in [6, 6.07) is 17.8. The van der Waals surface area contributed by atoms with Gasteiger partial charge in [0, 0.05) is 18.5 Å². The van der Waals surface area contributed by atoms with Crippen molar-refractivity contribution >= 4 is 28.7 Å². The molecule has 0 saturated carbocycles. The molecular weight excluding hydrogens is 585 g/mol. The summed E-state index contributed by atoms with van der Waals surface area (Å²) < 4.78 is 38.9. The van der Waals surface area contributed by atoms with E-state index >= 15 is 0 Å². The molecule has 1 heterocycles. The Hall–Kier alpha value is -3.79. The lowest BCUT2D eigenvalue weighted by Gasteiger charge is -2.13. The van der Waals surface area contributed by atoms with E-state index in [1.807, 2.05) is 0 Å². The van der Waals surface area contributed by atoms with Gasteiger partial charge in [-0.1, -0.05) is 74.1 Å². The van der Waals surface area contributed by atoms with Crippen molar-refractivity contribution in [2.24, 2.45) is 15.2 Å². The van der Waals surface area contributed by atoms with E-state index < -0.39 is 17.6 Å². The maximum atomic E-state index is 13.0. The molecule has 6 nitrogen and oxygen atoms in total. The van der Waals surface area contributed by atoms with Crippen molar-refractivity contribution in [2.45, 2.75) is 76.8 Å². The van der Waals surface area contributed by atoms with Crippen LogP contribution >= 0.6 is 11.8 Å². The highest BCUT2D eigenvalue weighted by Crippen LogP contribution is 2.33. The van der Waals surface area contributed by atoms with Crippen LogP contribution in [-0.2, 0) is 30.2 Å². The highest BCUT2D eigenvalue weighted by Gasteiger charge is 2.30. The Morgan fingerprint density at radius 2 is 1.61 bits per heavy atom. The normalized spacial score (nSPS) is 15.6. The van der Waals surface area contributed by atoms with Crippen LogP contribution in [0.2, 0.25) is 0 Å². The summed E-state index contributed by atoms with van der Waals surface area (Å²) in [5.74, 6) is -0.467. The summed E-state index contributed by atoms with van der Waals surface area (Å²) in [5.41, 5.74) is 4.62. The zero-order valence-electron chi connectivity index (χ0n) is 25.0. The minimum absolute atomic E-state index is 0.0662. The average molecular weight is 623 g/mol. The van der Waals surface area contributed by atoms with E-state index in [4.69, 9.17) is 0 Å². The van der Waals surface area contributed by atoms with E-state index in [2.05, 4.69) is 52.6 Å². The van der Waals surface area contributed by atoms with Crippen LogP contribution in [0.5, 0.6) is 0 Å². The minimum atomic E-state index is -4.43. The number of aryl methyl sites for hydroxylation is 2. The molecule has 1 aliphatic rings. The fourth-order valence-electron chi connectivity index (χ4n) is 5.21. The molecular formula is C34H37F3N4O2S. The van der Waals surface area contributed by atoms with Gasteiger partial charge in [0.2, 0.25) is 11.1 Å². The number of amides is 2. The van der Waals surface area contributed by atoms with Gasteiger partial charge in [-0.3, -0.25) is 9.59 Å². The second kappa shape index (κ2) is 15.8. The van der Waals surface area contributed by atoms with Gasteiger partial charge in [0.15, 0.2) is 0 Å². The molecule has 0 radical (unpaired) electrons. The lowest BCUT2D eigenvalue weighted by molar-refractivity contribution is -0.137. The van der Waals surface area contributed by atoms with E-state index in [-0.39, 0.29) is 22.0 Å². The maximum absolute atomic E-state index is 13.0. The van der Waals surface area contributed by atoms with Crippen molar-refractivity contribution < 1.29 is 22.8 Å². The summed E-state index contributed by atoms with van der Waals surface area (Å²) in [6.45, 7) is 4.93. The van der Waals surface area contributed by atoms with E-state index in [1.54, 1.807) is 24.3 Å². The molecule has 1 atom stereocenters. The number of hydrogen-bond donors (Lipinski definition) is 1. The topological polar surface area (TPSA) is 83.2 Å². The zero-order chi connectivity index (χ0) is 31.5. The smallest absolute Gasteiger partial charge is 0.356 e. The van der Waals surface area contributed by atoms with Crippen molar-refractivity contribution in [1.82, 2.24) is 5.32 Å². The number of carbonyl (C=O) groups excluding carboxylic acids is 2. The first-order valence-electron chi connectivity index (χ1n) is 15.0. The molecule has 0 saturated heterocycles. The fourth-order valence-corrected chi connectivity index (χ4v) is 6.06. The molecule has 2 amide bonds. The molecule has 0 spiro atoms. The van der Waals surface area contributed by atoms with Gasteiger partial charge in [0.1, 0.15) is 5.37 Å². The monoisotopic (exact) mass is 622 g/mol. The number of alkyl halides is 3. The van der Waals surface area contributed by atoms with Crippen molar-refractivity contribution in [3.05, 3.63) is 94.5 Å². The Bertz CT molecular complexity index is 1480. The lowest BCUT2D eigenvalue weighted by Crippen LogP contribution is -2.24. The van der Waals surface area contributed by atoms with Gasteiger partial charge >= 0.3 is 6.18 Å². The molecule has 0 fully saturated rings. The Morgan fingerprint density at radius 3 is 2.30 bits per heavy atom. The van der Waals surface area contributed by atoms with Gasteiger partial charge in [0.25, 0.3) is 5.91 Å². The van der Waals surface area contributed by atoms with Crippen LogP contribution in [0.1, 0.15) is 78.6 Å². The quantitative estimate of drug-likeness (QED) is 0.193. The molecule has 1 unspecified atom stereocenters. The van der Waals surface area contributed by atoms with Crippen molar-refractivity contribution in [3.8, 4) is 11.1 Å². The van der Waals surface area contributed by atoms with Gasteiger partial charge < -0.3 is 5.32 Å². The number of carbonyl (C=O) groups is 2. The van der Waals surface area contributed by atoms with E-state index in [9.17, 15) is 22.8 Å². The van der Waals surface area contributed by atoms with Crippen LogP contribution in [0.3, 0.4) is 0 Å². The fraction of sp³-hybridized carbons (Fsp3) is 0.382. The van der Waals surface area contributed by atoms with Crippen LogP contribution in [0.15, 0.2) is 82.0 Å². The second-order valence-corrected chi connectivity index (χ2v) is 11.7. The number of halogens is 3. The SMILES string of the molecule is CCc1cccc(CC)c1CCCC(=O)NCCCCC1N=NC(=NC(=O)c2ccccc2-c2ccc(C(F)(F)F)cc2)S1. The van der Waals surface area contributed by atoms with Crippen LogP contribution in [0.25, 0.3) is 11.1 Å².